The molecule has 1 amide bonds. The van der Waals surface area contributed by atoms with E-state index in [9.17, 15) is 4.79 Å². The van der Waals surface area contributed by atoms with Crippen LogP contribution in [-0.4, -0.2) is 36.2 Å². The van der Waals surface area contributed by atoms with Gasteiger partial charge in [-0.2, -0.15) is 0 Å². The molecule has 5 rings (SSSR count). The Morgan fingerprint density at radius 1 is 1.06 bits per heavy atom. The molecule has 166 valence electrons. The van der Waals surface area contributed by atoms with E-state index in [4.69, 9.17) is 21.3 Å². The lowest BCUT2D eigenvalue weighted by Crippen LogP contribution is -2.40. The van der Waals surface area contributed by atoms with E-state index in [1.807, 2.05) is 48.3 Å². The largest absolute Gasteiger partial charge is 0.497 e. The SMILES string of the molecule is COc1ccc2c(c1)N(C)/C(=C1/SC(=Nc3ccc(Cl)cc3)N(C3CCCCC3)C1=O)S2. The molecule has 0 aromatic heterocycles. The van der Waals surface area contributed by atoms with Crippen molar-refractivity contribution in [2.45, 2.75) is 43.0 Å². The zero-order chi connectivity index (χ0) is 22.2. The maximum Gasteiger partial charge on any atom is 0.269 e. The molecule has 5 nitrogen and oxygen atoms in total. The number of anilines is 1. The number of hydrogen-bond acceptors (Lipinski definition) is 6. The summed E-state index contributed by atoms with van der Waals surface area (Å²) in [6.07, 6.45) is 5.58. The Morgan fingerprint density at radius 3 is 2.53 bits per heavy atom. The van der Waals surface area contributed by atoms with E-state index in [1.54, 1.807) is 18.9 Å². The monoisotopic (exact) mass is 485 g/mol. The Balaban J connectivity index is 1.54. The number of aliphatic imine (C=N–C) groups is 1. The van der Waals surface area contributed by atoms with Gasteiger partial charge in [0.15, 0.2) is 5.17 Å². The van der Waals surface area contributed by atoms with Crippen LogP contribution in [0.15, 0.2) is 62.3 Å². The molecule has 0 spiro atoms. The van der Waals surface area contributed by atoms with Crippen molar-refractivity contribution in [3.8, 4) is 5.75 Å². The number of fused-ring (bicyclic) bond motifs is 1. The van der Waals surface area contributed by atoms with Gasteiger partial charge in [-0.05, 0) is 61.0 Å². The Labute approximate surface area is 201 Å². The summed E-state index contributed by atoms with van der Waals surface area (Å²) < 4.78 is 5.40. The molecule has 8 heteroatoms. The van der Waals surface area contributed by atoms with Crippen molar-refractivity contribution < 1.29 is 9.53 Å². The zero-order valence-corrected chi connectivity index (χ0v) is 20.4. The molecule has 0 atom stereocenters. The Hall–Kier alpha value is -2.09. The smallest absolute Gasteiger partial charge is 0.269 e. The number of thioether (sulfide) groups is 2. The van der Waals surface area contributed by atoms with E-state index in [0.717, 1.165) is 62.8 Å². The topological polar surface area (TPSA) is 45.1 Å². The van der Waals surface area contributed by atoms with Crippen LogP contribution in [0.3, 0.4) is 0 Å². The molecule has 32 heavy (non-hydrogen) atoms. The number of carbonyl (C=O) groups excluding carboxylic acids is 1. The number of ether oxygens (including phenoxy) is 1. The molecule has 2 heterocycles. The van der Waals surface area contributed by atoms with Gasteiger partial charge < -0.3 is 9.64 Å². The second-order valence-electron chi connectivity index (χ2n) is 8.07. The van der Waals surface area contributed by atoms with Crippen molar-refractivity contribution in [3.63, 3.8) is 0 Å². The third-order valence-corrected chi connectivity index (χ3v) is 8.70. The summed E-state index contributed by atoms with van der Waals surface area (Å²) in [6.45, 7) is 0. The highest BCUT2D eigenvalue weighted by molar-refractivity contribution is 8.19. The highest BCUT2D eigenvalue weighted by Gasteiger charge is 2.42. The highest BCUT2D eigenvalue weighted by Crippen LogP contribution is 2.51. The molecule has 2 aromatic rings. The van der Waals surface area contributed by atoms with Gasteiger partial charge in [-0.1, -0.05) is 42.6 Å². The highest BCUT2D eigenvalue weighted by atomic mass is 35.5. The summed E-state index contributed by atoms with van der Waals surface area (Å²) in [5.41, 5.74) is 1.86. The van der Waals surface area contributed by atoms with Gasteiger partial charge in [0.1, 0.15) is 10.7 Å². The molecule has 0 unspecified atom stereocenters. The molecule has 1 saturated heterocycles. The van der Waals surface area contributed by atoms with Gasteiger partial charge in [0, 0.05) is 29.1 Å². The molecule has 1 aliphatic carbocycles. The van der Waals surface area contributed by atoms with E-state index in [0.29, 0.717) is 5.02 Å². The van der Waals surface area contributed by atoms with Crippen LogP contribution in [0.25, 0.3) is 0 Å². The first-order chi connectivity index (χ1) is 15.5. The molecule has 0 radical (unpaired) electrons. The van der Waals surface area contributed by atoms with Gasteiger partial charge in [0.25, 0.3) is 5.91 Å². The van der Waals surface area contributed by atoms with E-state index < -0.39 is 0 Å². The van der Waals surface area contributed by atoms with E-state index in [-0.39, 0.29) is 11.9 Å². The van der Waals surface area contributed by atoms with Crippen molar-refractivity contribution in [2.24, 2.45) is 4.99 Å². The second kappa shape index (κ2) is 9.04. The van der Waals surface area contributed by atoms with Gasteiger partial charge in [0.2, 0.25) is 0 Å². The predicted octanol–water partition coefficient (Wildman–Crippen LogP) is 6.66. The first kappa shape index (κ1) is 21.7. The lowest BCUT2D eigenvalue weighted by atomic mass is 9.94. The van der Waals surface area contributed by atoms with Crippen LogP contribution < -0.4 is 9.64 Å². The van der Waals surface area contributed by atoms with Crippen LogP contribution in [0.2, 0.25) is 5.02 Å². The van der Waals surface area contributed by atoms with Crippen molar-refractivity contribution in [3.05, 3.63) is 57.4 Å². The van der Waals surface area contributed by atoms with Crippen molar-refractivity contribution in [1.82, 2.24) is 4.90 Å². The molecule has 1 saturated carbocycles. The van der Waals surface area contributed by atoms with Gasteiger partial charge >= 0.3 is 0 Å². The van der Waals surface area contributed by atoms with E-state index in [1.165, 1.54) is 18.2 Å². The normalized spacial score (nSPS) is 22.7. The number of carbonyl (C=O) groups is 1. The number of nitrogens with zero attached hydrogens (tertiary/aromatic N) is 3. The summed E-state index contributed by atoms with van der Waals surface area (Å²) in [7, 11) is 3.68. The number of hydrogen-bond donors (Lipinski definition) is 0. The summed E-state index contributed by atoms with van der Waals surface area (Å²) in [5, 5.41) is 2.38. The van der Waals surface area contributed by atoms with Gasteiger partial charge in [-0.25, -0.2) is 4.99 Å². The van der Waals surface area contributed by atoms with Gasteiger partial charge in [0.05, 0.1) is 23.5 Å². The average Bonchev–Trinajstić information content (AvgIpc) is 3.31. The van der Waals surface area contributed by atoms with Crippen molar-refractivity contribution >= 4 is 57.6 Å². The molecule has 2 aromatic carbocycles. The minimum absolute atomic E-state index is 0.0590. The molecule has 2 fully saturated rings. The van der Waals surface area contributed by atoms with E-state index in [2.05, 4.69) is 11.0 Å². The van der Waals surface area contributed by atoms with Crippen LogP contribution in [0.1, 0.15) is 32.1 Å². The van der Waals surface area contributed by atoms with Crippen LogP contribution in [0.4, 0.5) is 11.4 Å². The Morgan fingerprint density at radius 2 is 1.81 bits per heavy atom. The van der Waals surface area contributed by atoms with Crippen LogP contribution in [0, 0.1) is 0 Å². The first-order valence-electron chi connectivity index (χ1n) is 10.7. The van der Waals surface area contributed by atoms with Crippen molar-refractivity contribution in [2.75, 3.05) is 19.1 Å². The molecule has 0 bridgehead atoms. The summed E-state index contributed by atoms with van der Waals surface area (Å²) in [4.78, 5) is 24.5. The molecule has 0 N–H and O–H groups in total. The Kier molecular flexibility index (Phi) is 6.14. The van der Waals surface area contributed by atoms with Crippen LogP contribution in [0.5, 0.6) is 5.75 Å². The number of amides is 1. The summed E-state index contributed by atoms with van der Waals surface area (Å²) in [5.74, 6) is 0.866. The lowest BCUT2D eigenvalue weighted by Gasteiger charge is -2.30. The second-order valence-corrected chi connectivity index (χ2v) is 10.5. The average molecular weight is 486 g/mol. The number of methoxy groups -OCH3 is 1. The molecular weight excluding hydrogens is 462 g/mol. The number of benzene rings is 2. The van der Waals surface area contributed by atoms with E-state index >= 15 is 0 Å². The molecular formula is C24H24ClN3O2S2. The fourth-order valence-corrected chi connectivity index (χ4v) is 6.84. The maximum atomic E-state index is 13.7. The number of halogens is 1. The third-order valence-electron chi connectivity index (χ3n) is 6.04. The summed E-state index contributed by atoms with van der Waals surface area (Å²) in [6, 6.07) is 13.7. The predicted molar refractivity (Wildman–Crippen MR) is 134 cm³/mol. The lowest BCUT2D eigenvalue weighted by molar-refractivity contribution is -0.124. The van der Waals surface area contributed by atoms with Crippen LogP contribution >= 0.6 is 35.1 Å². The minimum Gasteiger partial charge on any atom is -0.497 e. The Bertz CT molecular complexity index is 1110. The van der Waals surface area contributed by atoms with Crippen LogP contribution in [-0.2, 0) is 4.79 Å². The quantitative estimate of drug-likeness (QED) is 0.455. The standard InChI is InChI=1S/C24H24ClN3O2S2/c1-27-19-14-18(30-2)12-13-20(19)31-23(27)21-22(29)28(17-6-4-3-5-7-17)24(32-21)26-16-10-8-15(25)9-11-16/h8-14,17H,3-7H2,1-2H3/b23-21-,26-24?. The number of amidine groups is 1. The fourth-order valence-electron chi connectivity index (χ4n) is 4.33. The first-order valence-corrected chi connectivity index (χ1v) is 12.8. The maximum absolute atomic E-state index is 13.7. The third kappa shape index (κ3) is 4.02. The molecule has 3 aliphatic rings. The van der Waals surface area contributed by atoms with Gasteiger partial charge in [-0.3, -0.25) is 9.69 Å². The zero-order valence-electron chi connectivity index (χ0n) is 18.0. The fraction of sp³-hybridized carbons (Fsp3) is 0.333. The summed E-state index contributed by atoms with van der Waals surface area (Å²) >= 11 is 9.16. The molecule has 2 aliphatic heterocycles. The van der Waals surface area contributed by atoms with Crippen molar-refractivity contribution in [1.29, 1.82) is 0 Å². The van der Waals surface area contributed by atoms with Gasteiger partial charge in [-0.15, -0.1) is 0 Å². The number of rotatable bonds is 3. The minimum atomic E-state index is 0.0590.